The van der Waals surface area contributed by atoms with Gasteiger partial charge in [-0.2, -0.15) is 13.2 Å². The molecular formula is C16H11ClF3N. The van der Waals surface area contributed by atoms with Gasteiger partial charge in [0.25, 0.3) is 0 Å². The van der Waals surface area contributed by atoms with Crippen LogP contribution in [-0.2, 0) is 13.2 Å². The lowest BCUT2D eigenvalue weighted by Crippen LogP contribution is -2.04. The number of hydrogen-bond acceptors (Lipinski definition) is 0. The molecule has 0 saturated carbocycles. The van der Waals surface area contributed by atoms with Crippen LogP contribution in [0.4, 0.5) is 13.2 Å². The highest BCUT2D eigenvalue weighted by Crippen LogP contribution is 2.37. The monoisotopic (exact) mass is 309 g/mol. The molecule has 0 spiro atoms. The van der Waals surface area contributed by atoms with E-state index in [4.69, 9.17) is 11.6 Å². The number of aromatic nitrogens is 1. The van der Waals surface area contributed by atoms with E-state index in [1.54, 1.807) is 0 Å². The summed E-state index contributed by atoms with van der Waals surface area (Å²) in [5.41, 5.74) is 1.64. The second-order valence-corrected chi connectivity index (χ2v) is 5.25. The van der Waals surface area contributed by atoms with Gasteiger partial charge in [0.05, 0.1) is 16.3 Å². The Bertz CT molecular complexity index is 818. The summed E-state index contributed by atoms with van der Waals surface area (Å²) in [6, 6.07) is 13.1. The molecule has 1 heterocycles. The van der Waals surface area contributed by atoms with Crippen LogP contribution in [0.3, 0.4) is 0 Å². The predicted molar refractivity (Wildman–Crippen MR) is 78.4 cm³/mol. The van der Waals surface area contributed by atoms with Crippen molar-refractivity contribution in [3.05, 3.63) is 59.1 Å². The lowest BCUT2D eigenvalue weighted by Gasteiger charge is -2.11. The van der Waals surface area contributed by atoms with Crippen LogP contribution >= 0.6 is 11.6 Å². The first-order chi connectivity index (χ1) is 9.88. The molecule has 1 aromatic heterocycles. The molecular weight excluding hydrogens is 299 g/mol. The van der Waals surface area contributed by atoms with E-state index < -0.39 is 11.7 Å². The summed E-state index contributed by atoms with van der Waals surface area (Å²) < 4.78 is 40.0. The molecule has 0 aliphatic heterocycles. The van der Waals surface area contributed by atoms with E-state index in [0.717, 1.165) is 28.7 Å². The van der Waals surface area contributed by atoms with Crippen molar-refractivity contribution in [1.82, 2.24) is 4.57 Å². The number of nitrogens with zero attached hydrogens (tertiary/aromatic N) is 1. The maximum atomic E-state index is 12.7. The zero-order valence-corrected chi connectivity index (χ0v) is 11.8. The third-order valence-corrected chi connectivity index (χ3v) is 3.84. The van der Waals surface area contributed by atoms with Crippen molar-refractivity contribution in [3.63, 3.8) is 0 Å². The number of fused-ring (bicyclic) bond motifs is 1. The van der Waals surface area contributed by atoms with Gasteiger partial charge in [0.2, 0.25) is 0 Å². The highest BCUT2D eigenvalue weighted by molar-refractivity contribution is 6.33. The Morgan fingerprint density at radius 2 is 1.71 bits per heavy atom. The Morgan fingerprint density at radius 3 is 2.33 bits per heavy atom. The molecule has 0 aliphatic rings. The van der Waals surface area contributed by atoms with Crippen LogP contribution in [0.15, 0.2) is 48.5 Å². The van der Waals surface area contributed by atoms with Gasteiger partial charge in [-0.15, -0.1) is 0 Å². The average molecular weight is 310 g/mol. The van der Waals surface area contributed by atoms with Gasteiger partial charge in [0.1, 0.15) is 0 Å². The molecule has 0 unspecified atom stereocenters. The summed E-state index contributed by atoms with van der Waals surface area (Å²) in [6.45, 7) is 0. The number of aryl methyl sites for hydroxylation is 1. The Balaban J connectivity index is 2.17. The number of alkyl halides is 3. The van der Waals surface area contributed by atoms with Crippen LogP contribution in [0.5, 0.6) is 0 Å². The van der Waals surface area contributed by atoms with Crippen molar-refractivity contribution >= 4 is 22.5 Å². The third-order valence-electron chi connectivity index (χ3n) is 3.52. The van der Waals surface area contributed by atoms with E-state index in [1.165, 1.54) is 6.07 Å². The van der Waals surface area contributed by atoms with Crippen molar-refractivity contribution in [2.24, 2.45) is 7.05 Å². The maximum Gasteiger partial charge on any atom is 0.416 e. The Labute approximate surface area is 124 Å². The third kappa shape index (κ3) is 2.40. The molecule has 0 saturated heterocycles. The van der Waals surface area contributed by atoms with E-state index in [1.807, 2.05) is 41.9 Å². The minimum atomic E-state index is -4.39. The molecule has 1 nitrogen and oxygen atoms in total. The van der Waals surface area contributed by atoms with Gasteiger partial charge < -0.3 is 4.57 Å². The van der Waals surface area contributed by atoms with Crippen LogP contribution in [0.1, 0.15) is 5.56 Å². The van der Waals surface area contributed by atoms with Gasteiger partial charge >= 0.3 is 6.18 Å². The van der Waals surface area contributed by atoms with Crippen LogP contribution in [0, 0.1) is 0 Å². The first kappa shape index (κ1) is 14.0. The van der Waals surface area contributed by atoms with Crippen molar-refractivity contribution < 1.29 is 13.2 Å². The molecule has 3 rings (SSSR count). The van der Waals surface area contributed by atoms with E-state index in [-0.39, 0.29) is 5.02 Å². The fraction of sp³-hybridized carbons (Fsp3) is 0.125. The second-order valence-electron chi connectivity index (χ2n) is 4.84. The lowest BCUT2D eigenvalue weighted by atomic mass is 10.1. The Morgan fingerprint density at radius 1 is 1.00 bits per heavy atom. The summed E-state index contributed by atoms with van der Waals surface area (Å²) in [5, 5.41) is 1.11. The molecule has 0 bridgehead atoms. The number of para-hydroxylation sites is 1. The second kappa shape index (κ2) is 4.81. The zero-order valence-electron chi connectivity index (χ0n) is 11.1. The van der Waals surface area contributed by atoms with E-state index in [0.29, 0.717) is 5.56 Å². The fourth-order valence-electron chi connectivity index (χ4n) is 2.45. The van der Waals surface area contributed by atoms with E-state index in [9.17, 15) is 13.2 Å². The molecule has 0 aliphatic carbocycles. The number of halogens is 4. The largest absolute Gasteiger partial charge is 0.416 e. The molecule has 2 aromatic carbocycles. The summed E-state index contributed by atoms with van der Waals surface area (Å²) in [7, 11) is 1.87. The molecule has 5 heteroatoms. The molecule has 108 valence electrons. The number of rotatable bonds is 1. The summed E-state index contributed by atoms with van der Waals surface area (Å²) in [5.74, 6) is 0. The first-order valence-corrected chi connectivity index (χ1v) is 6.67. The number of benzene rings is 2. The Kier molecular flexibility index (Phi) is 3.21. The van der Waals surface area contributed by atoms with Gasteiger partial charge in [0, 0.05) is 23.5 Å². The van der Waals surface area contributed by atoms with Crippen LogP contribution in [0.25, 0.3) is 22.2 Å². The SMILES string of the molecule is Cn1c(-c2ccc(C(F)(F)F)cc2Cl)cc2ccccc21. The molecule has 21 heavy (non-hydrogen) atoms. The maximum absolute atomic E-state index is 12.7. The van der Waals surface area contributed by atoms with Crippen molar-refractivity contribution in [2.45, 2.75) is 6.18 Å². The van der Waals surface area contributed by atoms with Gasteiger partial charge in [-0.1, -0.05) is 35.9 Å². The summed E-state index contributed by atoms with van der Waals surface area (Å²) in [4.78, 5) is 0. The number of hydrogen-bond donors (Lipinski definition) is 0. The smallest absolute Gasteiger partial charge is 0.344 e. The normalized spacial score (nSPS) is 12.0. The topological polar surface area (TPSA) is 4.93 Å². The first-order valence-electron chi connectivity index (χ1n) is 6.29. The highest BCUT2D eigenvalue weighted by Gasteiger charge is 2.31. The molecule has 0 radical (unpaired) electrons. The predicted octanol–water partition coefficient (Wildman–Crippen LogP) is 5.52. The van der Waals surface area contributed by atoms with Crippen molar-refractivity contribution in [1.29, 1.82) is 0 Å². The molecule has 0 amide bonds. The van der Waals surface area contributed by atoms with Crippen LogP contribution in [-0.4, -0.2) is 4.57 Å². The van der Waals surface area contributed by atoms with Gasteiger partial charge in [0.15, 0.2) is 0 Å². The molecule has 3 aromatic rings. The van der Waals surface area contributed by atoms with Gasteiger partial charge in [-0.3, -0.25) is 0 Å². The van der Waals surface area contributed by atoms with E-state index in [2.05, 4.69) is 0 Å². The minimum Gasteiger partial charge on any atom is -0.344 e. The minimum absolute atomic E-state index is 0.0933. The van der Waals surface area contributed by atoms with Crippen molar-refractivity contribution in [2.75, 3.05) is 0 Å². The van der Waals surface area contributed by atoms with E-state index >= 15 is 0 Å². The Hall–Kier alpha value is -1.94. The summed E-state index contributed by atoms with van der Waals surface area (Å²) in [6.07, 6.45) is -4.39. The average Bonchev–Trinajstić information content (AvgIpc) is 2.75. The zero-order chi connectivity index (χ0) is 15.2. The molecule has 0 N–H and O–H groups in total. The molecule has 0 atom stereocenters. The lowest BCUT2D eigenvalue weighted by molar-refractivity contribution is -0.137. The van der Waals surface area contributed by atoms with Gasteiger partial charge in [-0.05, 0) is 24.3 Å². The molecule has 0 fully saturated rings. The fourth-order valence-corrected chi connectivity index (χ4v) is 2.72. The van der Waals surface area contributed by atoms with Crippen molar-refractivity contribution in [3.8, 4) is 11.3 Å². The highest BCUT2D eigenvalue weighted by atomic mass is 35.5. The summed E-state index contributed by atoms with van der Waals surface area (Å²) >= 11 is 6.06. The standard InChI is InChI=1S/C16H11ClF3N/c1-21-14-5-3-2-4-10(14)8-15(21)12-7-6-11(9-13(12)17)16(18,19)20/h2-9H,1H3. The van der Waals surface area contributed by atoms with Crippen LogP contribution < -0.4 is 0 Å². The quantitative estimate of drug-likeness (QED) is 0.558. The van der Waals surface area contributed by atoms with Crippen LogP contribution in [0.2, 0.25) is 5.02 Å². The van der Waals surface area contributed by atoms with Gasteiger partial charge in [-0.25, -0.2) is 0 Å².